The maximum Gasteiger partial charge on any atom is 0.122 e. The van der Waals surface area contributed by atoms with Crippen molar-refractivity contribution in [1.82, 2.24) is 0 Å². The minimum Gasteiger partial charge on any atom is -0.493 e. The third kappa shape index (κ3) is 3.72. The maximum atomic E-state index is 5.96. The van der Waals surface area contributed by atoms with Gasteiger partial charge in [-0.1, -0.05) is 42.5 Å². The summed E-state index contributed by atoms with van der Waals surface area (Å²) in [6.07, 6.45) is 6.29. The van der Waals surface area contributed by atoms with Crippen LogP contribution in [0.1, 0.15) is 32.1 Å². The van der Waals surface area contributed by atoms with Crippen LogP contribution in [0.2, 0.25) is 10.0 Å². The molecule has 0 heterocycles. The minimum absolute atomic E-state index is 0.218. The fraction of sp³-hybridized carbons (Fsp3) is 0.571. The van der Waals surface area contributed by atoms with E-state index in [4.69, 9.17) is 27.9 Å². The van der Waals surface area contributed by atoms with Crippen molar-refractivity contribution in [2.45, 2.75) is 32.1 Å². The number of ether oxygens (including phenoxy) is 1. The average Bonchev–Trinajstić information content (AvgIpc) is 2.36. The molecule has 1 aromatic carbocycles. The molecular weight excluding hydrogens is 287 g/mol. The molecule has 0 saturated heterocycles. The first kappa shape index (κ1) is 14.4. The molecule has 0 bridgehead atoms. The molecule has 0 atom stereocenters. The topological polar surface area (TPSA) is 9.23 Å². The highest BCUT2D eigenvalue weighted by Gasteiger charge is 2.31. The van der Waals surface area contributed by atoms with Crippen LogP contribution in [0.5, 0.6) is 5.75 Å². The molecule has 1 nitrogen and oxygen atoms in total. The summed E-state index contributed by atoms with van der Waals surface area (Å²) >= 11 is 16.4. The Hall–Kier alpha value is -0.0500. The quantitative estimate of drug-likeness (QED) is 0.747. The van der Waals surface area contributed by atoms with Gasteiger partial charge in [0.1, 0.15) is 5.75 Å². The summed E-state index contributed by atoms with van der Waals surface area (Å²) in [5.41, 5.74) is 0.218. The molecule has 0 N–H and O–H groups in total. The Bertz CT molecular complexity index is 383. The van der Waals surface area contributed by atoms with Gasteiger partial charge in [-0.3, -0.25) is 0 Å². The molecule has 1 aliphatic carbocycles. The van der Waals surface area contributed by atoms with E-state index in [0.717, 1.165) is 11.5 Å². The molecule has 18 heavy (non-hydrogen) atoms. The van der Waals surface area contributed by atoms with Crippen molar-refractivity contribution in [3.63, 3.8) is 0 Å². The Kier molecular flexibility index (Phi) is 5.11. The van der Waals surface area contributed by atoms with Gasteiger partial charge in [0.05, 0.1) is 6.61 Å². The van der Waals surface area contributed by atoms with Crippen LogP contribution in [0.15, 0.2) is 18.2 Å². The van der Waals surface area contributed by atoms with Gasteiger partial charge in [0.2, 0.25) is 0 Å². The number of rotatable bonds is 4. The lowest BCUT2D eigenvalue weighted by atomic mass is 9.76. The fourth-order valence-electron chi connectivity index (χ4n) is 2.50. The van der Waals surface area contributed by atoms with Crippen molar-refractivity contribution in [1.29, 1.82) is 0 Å². The normalized spacial score (nSPS) is 18.6. The summed E-state index contributed by atoms with van der Waals surface area (Å²) in [6, 6.07) is 5.33. The highest BCUT2D eigenvalue weighted by atomic mass is 35.5. The van der Waals surface area contributed by atoms with E-state index in [1.165, 1.54) is 32.1 Å². The first-order chi connectivity index (χ1) is 8.63. The summed E-state index contributed by atoms with van der Waals surface area (Å²) in [7, 11) is 0. The van der Waals surface area contributed by atoms with Crippen molar-refractivity contribution < 1.29 is 4.74 Å². The van der Waals surface area contributed by atoms with Crippen LogP contribution in [-0.2, 0) is 0 Å². The molecule has 0 aliphatic heterocycles. The molecule has 1 fully saturated rings. The Morgan fingerprint density at radius 2 is 1.67 bits per heavy atom. The molecule has 0 unspecified atom stereocenters. The zero-order chi connectivity index (χ0) is 13.0. The van der Waals surface area contributed by atoms with Gasteiger partial charge >= 0.3 is 0 Å². The van der Waals surface area contributed by atoms with Gasteiger partial charge in [-0.2, -0.15) is 12.6 Å². The predicted octanol–water partition coefficient (Wildman–Crippen LogP) is 5.25. The second kappa shape index (κ2) is 6.40. The minimum atomic E-state index is 0.218. The molecule has 0 radical (unpaired) electrons. The second-order valence-corrected chi connectivity index (χ2v) is 6.30. The Morgan fingerprint density at radius 1 is 1.06 bits per heavy atom. The fourth-order valence-corrected chi connectivity index (χ4v) is 3.41. The molecule has 1 saturated carbocycles. The molecule has 100 valence electrons. The van der Waals surface area contributed by atoms with Crippen molar-refractivity contribution in [2.75, 3.05) is 12.4 Å². The summed E-state index contributed by atoms with van der Waals surface area (Å²) in [5.74, 6) is 1.63. The Balaban J connectivity index is 2.00. The second-order valence-electron chi connectivity index (χ2n) is 5.11. The smallest absolute Gasteiger partial charge is 0.122 e. The van der Waals surface area contributed by atoms with E-state index in [0.29, 0.717) is 16.7 Å². The van der Waals surface area contributed by atoms with Crippen LogP contribution in [-0.4, -0.2) is 12.4 Å². The first-order valence-electron chi connectivity index (χ1n) is 6.33. The van der Waals surface area contributed by atoms with E-state index < -0.39 is 0 Å². The molecular formula is C14H18Cl2OS. The molecule has 0 amide bonds. The van der Waals surface area contributed by atoms with Crippen LogP contribution in [0.4, 0.5) is 0 Å². The SMILES string of the molecule is SCC1(COc2cc(Cl)cc(Cl)c2)CCCCC1. The van der Waals surface area contributed by atoms with Gasteiger partial charge < -0.3 is 4.74 Å². The lowest BCUT2D eigenvalue weighted by molar-refractivity contribution is 0.121. The number of hydrogen-bond donors (Lipinski definition) is 1. The van der Waals surface area contributed by atoms with Gasteiger partial charge in [-0.05, 0) is 36.8 Å². The van der Waals surface area contributed by atoms with Crippen molar-refractivity contribution in [3.05, 3.63) is 28.2 Å². The van der Waals surface area contributed by atoms with Crippen LogP contribution >= 0.6 is 35.8 Å². The third-order valence-electron chi connectivity index (χ3n) is 3.63. The Morgan fingerprint density at radius 3 is 2.22 bits per heavy atom. The van der Waals surface area contributed by atoms with Gasteiger partial charge in [-0.25, -0.2) is 0 Å². The number of hydrogen-bond acceptors (Lipinski definition) is 2. The van der Waals surface area contributed by atoms with Crippen LogP contribution in [0, 0.1) is 5.41 Å². The van der Waals surface area contributed by atoms with Crippen molar-refractivity contribution in [3.8, 4) is 5.75 Å². The molecule has 1 aromatic rings. The third-order valence-corrected chi connectivity index (χ3v) is 4.74. The number of benzene rings is 1. The van der Waals surface area contributed by atoms with E-state index in [1.54, 1.807) is 6.07 Å². The molecule has 0 spiro atoms. The standard InChI is InChI=1S/C14H18Cl2OS/c15-11-6-12(16)8-13(7-11)17-9-14(10-18)4-2-1-3-5-14/h6-8,18H,1-5,9-10H2. The monoisotopic (exact) mass is 304 g/mol. The molecule has 4 heteroatoms. The Labute approximate surface area is 124 Å². The summed E-state index contributed by atoms with van der Waals surface area (Å²) in [5, 5.41) is 1.22. The number of thiol groups is 1. The lowest BCUT2D eigenvalue weighted by Crippen LogP contribution is -2.32. The number of halogens is 2. The van der Waals surface area contributed by atoms with E-state index in [2.05, 4.69) is 12.6 Å². The molecule has 2 rings (SSSR count). The van der Waals surface area contributed by atoms with Gasteiger partial charge in [-0.15, -0.1) is 0 Å². The average molecular weight is 305 g/mol. The van der Waals surface area contributed by atoms with Crippen molar-refractivity contribution in [2.24, 2.45) is 5.41 Å². The van der Waals surface area contributed by atoms with Gasteiger partial charge in [0.15, 0.2) is 0 Å². The highest BCUT2D eigenvalue weighted by molar-refractivity contribution is 7.80. The van der Waals surface area contributed by atoms with E-state index in [1.807, 2.05) is 12.1 Å². The first-order valence-corrected chi connectivity index (χ1v) is 7.72. The van der Waals surface area contributed by atoms with Gasteiger partial charge in [0.25, 0.3) is 0 Å². The predicted molar refractivity (Wildman–Crippen MR) is 81.3 cm³/mol. The highest BCUT2D eigenvalue weighted by Crippen LogP contribution is 2.38. The summed E-state index contributed by atoms with van der Waals surface area (Å²) in [4.78, 5) is 0. The van der Waals surface area contributed by atoms with E-state index >= 15 is 0 Å². The van der Waals surface area contributed by atoms with Gasteiger partial charge in [0, 0.05) is 15.5 Å². The van der Waals surface area contributed by atoms with Crippen LogP contribution in [0.25, 0.3) is 0 Å². The summed E-state index contributed by atoms with van der Waals surface area (Å²) < 4.78 is 5.88. The van der Waals surface area contributed by atoms with Crippen molar-refractivity contribution >= 4 is 35.8 Å². The van der Waals surface area contributed by atoms with Crippen LogP contribution in [0.3, 0.4) is 0 Å². The van der Waals surface area contributed by atoms with Crippen LogP contribution < -0.4 is 4.74 Å². The molecule has 1 aliphatic rings. The van der Waals surface area contributed by atoms with E-state index in [-0.39, 0.29) is 5.41 Å². The summed E-state index contributed by atoms with van der Waals surface area (Å²) in [6.45, 7) is 0.702. The largest absolute Gasteiger partial charge is 0.493 e. The molecule has 0 aromatic heterocycles. The van der Waals surface area contributed by atoms with E-state index in [9.17, 15) is 0 Å². The zero-order valence-corrected chi connectivity index (χ0v) is 12.7. The zero-order valence-electron chi connectivity index (χ0n) is 10.3. The maximum absolute atomic E-state index is 5.96. The lowest BCUT2D eigenvalue weighted by Gasteiger charge is -2.35.